The molecule has 4 atom stereocenters. The van der Waals surface area contributed by atoms with Crippen LogP contribution < -0.4 is 5.32 Å². The van der Waals surface area contributed by atoms with Crippen LogP contribution in [0.25, 0.3) is 0 Å². The maximum absolute atomic E-state index is 3.90. The lowest BCUT2D eigenvalue weighted by molar-refractivity contribution is 0.115. The zero-order valence-corrected chi connectivity index (χ0v) is 12.8. The minimum atomic E-state index is 0.490. The number of hydrogen-bond donors (Lipinski definition) is 1. The van der Waals surface area contributed by atoms with Gasteiger partial charge in [0.15, 0.2) is 0 Å². The van der Waals surface area contributed by atoms with Gasteiger partial charge in [-0.15, -0.1) is 0 Å². The summed E-state index contributed by atoms with van der Waals surface area (Å²) >= 11 is 0. The summed E-state index contributed by atoms with van der Waals surface area (Å²) < 4.78 is 0. The summed E-state index contributed by atoms with van der Waals surface area (Å²) in [4.78, 5) is 2.48. The number of rotatable bonds is 4. The fourth-order valence-corrected chi connectivity index (χ4v) is 3.17. The molecule has 4 unspecified atom stereocenters. The maximum Gasteiger partial charge on any atom is 0.0320 e. The summed E-state index contributed by atoms with van der Waals surface area (Å²) in [5, 5.41) is 3.90. The van der Waals surface area contributed by atoms with Crippen LogP contribution in [0.1, 0.15) is 45.2 Å². The maximum atomic E-state index is 3.90. The van der Waals surface area contributed by atoms with Crippen LogP contribution in [0.5, 0.6) is 0 Å². The Morgan fingerprint density at radius 2 is 1.95 bits per heavy atom. The Morgan fingerprint density at radius 3 is 2.58 bits per heavy atom. The Kier molecular flexibility index (Phi) is 5.00. The van der Waals surface area contributed by atoms with Crippen LogP contribution in [0.3, 0.4) is 0 Å². The third-order valence-corrected chi connectivity index (χ3v) is 4.64. The first-order valence-corrected chi connectivity index (χ1v) is 7.63. The van der Waals surface area contributed by atoms with Gasteiger partial charge >= 0.3 is 0 Å². The molecule has 0 aromatic heterocycles. The molecule has 0 spiro atoms. The zero-order valence-electron chi connectivity index (χ0n) is 12.8. The highest BCUT2D eigenvalue weighted by molar-refractivity contribution is 5.19. The van der Waals surface area contributed by atoms with E-state index in [1.54, 1.807) is 0 Å². The van der Waals surface area contributed by atoms with Crippen LogP contribution in [0, 0.1) is 5.92 Å². The second-order valence-electron chi connectivity index (χ2n) is 6.15. The van der Waals surface area contributed by atoms with E-state index < -0.39 is 0 Å². The summed E-state index contributed by atoms with van der Waals surface area (Å²) in [7, 11) is 2.24. The van der Waals surface area contributed by atoms with Crippen LogP contribution in [0.2, 0.25) is 0 Å². The molecule has 0 bridgehead atoms. The molecule has 106 valence electrons. The highest BCUT2D eigenvalue weighted by Gasteiger charge is 2.30. The summed E-state index contributed by atoms with van der Waals surface area (Å²) in [6.45, 7) is 8.18. The molecule has 1 fully saturated rings. The van der Waals surface area contributed by atoms with Crippen molar-refractivity contribution >= 4 is 0 Å². The van der Waals surface area contributed by atoms with Gasteiger partial charge in [-0.1, -0.05) is 44.2 Å². The van der Waals surface area contributed by atoms with E-state index in [0.29, 0.717) is 18.1 Å². The monoisotopic (exact) mass is 260 g/mol. The van der Waals surface area contributed by atoms with E-state index in [0.717, 1.165) is 12.3 Å². The molecule has 1 aromatic rings. The Hall–Kier alpha value is -0.860. The van der Waals surface area contributed by atoms with Gasteiger partial charge in [0, 0.05) is 24.7 Å². The molecule has 0 amide bonds. The number of benzene rings is 1. The molecule has 2 heteroatoms. The van der Waals surface area contributed by atoms with Crippen molar-refractivity contribution in [3.63, 3.8) is 0 Å². The van der Waals surface area contributed by atoms with Gasteiger partial charge in [0.05, 0.1) is 0 Å². The molecule has 1 aromatic carbocycles. The highest BCUT2D eigenvalue weighted by Crippen LogP contribution is 2.25. The molecular weight excluding hydrogens is 232 g/mol. The van der Waals surface area contributed by atoms with Crippen molar-refractivity contribution in [1.82, 2.24) is 10.2 Å². The third-order valence-electron chi connectivity index (χ3n) is 4.64. The number of hydrogen-bond acceptors (Lipinski definition) is 2. The van der Waals surface area contributed by atoms with Crippen molar-refractivity contribution in [2.45, 2.75) is 51.7 Å². The van der Waals surface area contributed by atoms with Crippen molar-refractivity contribution in [2.75, 3.05) is 13.6 Å². The predicted molar refractivity (Wildman–Crippen MR) is 82.3 cm³/mol. The fourth-order valence-electron chi connectivity index (χ4n) is 3.17. The summed E-state index contributed by atoms with van der Waals surface area (Å²) in [6.07, 6.45) is 2.40. The molecule has 1 aliphatic rings. The van der Waals surface area contributed by atoms with Crippen LogP contribution in [0.15, 0.2) is 30.3 Å². The highest BCUT2D eigenvalue weighted by atomic mass is 15.2. The normalized spacial score (nSPS) is 30.2. The van der Waals surface area contributed by atoms with Crippen LogP contribution in [0.4, 0.5) is 0 Å². The van der Waals surface area contributed by atoms with E-state index in [1.165, 1.54) is 18.5 Å². The molecule has 0 saturated carbocycles. The second-order valence-corrected chi connectivity index (χ2v) is 6.15. The van der Waals surface area contributed by atoms with Crippen molar-refractivity contribution in [2.24, 2.45) is 5.92 Å². The molecule has 1 saturated heterocycles. The number of likely N-dealkylation sites (tertiary alicyclic amines) is 1. The van der Waals surface area contributed by atoms with E-state index >= 15 is 0 Å². The minimum Gasteiger partial charge on any atom is -0.307 e. The van der Waals surface area contributed by atoms with Gasteiger partial charge in [-0.3, -0.25) is 0 Å². The minimum absolute atomic E-state index is 0.490. The molecule has 19 heavy (non-hydrogen) atoms. The standard InChI is InChI=1S/C17H28N2/c1-5-16(15-9-7-6-8-10-15)18-17-11-14(3)19(4)12-13(17)2/h6-10,13-14,16-18H,5,11-12H2,1-4H3. The van der Waals surface area contributed by atoms with Gasteiger partial charge in [0.1, 0.15) is 0 Å². The van der Waals surface area contributed by atoms with Gasteiger partial charge in [-0.2, -0.15) is 0 Å². The smallest absolute Gasteiger partial charge is 0.0320 e. The number of piperidine rings is 1. The van der Waals surface area contributed by atoms with Gasteiger partial charge in [-0.05, 0) is 38.3 Å². The summed E-state index contributed by atoms with van der Waals surface area (Å²) in [6, 6.07) is 12.7. The summed E-state index contributed by atoms with van der Waals surface area (Å²) in [5.74, 6) is 0.721. The van der Waals surface area contributed by atoms with Crippen molar-refractivity contribution in [3.8, 4) is 0 Å². The number of nitrogens with one attached hydrogen (secondary N) is 1. The van der Waals surface area contributed by atoms with Gasteiger partial charge in [-0.25, -0.2) is 0 Å². The Balaban J connectivity index is 2.02. The van der Waals surface area contributed by atoms with Gasteiger partial charge in [0.25, 0.3) is 0 Å². The quantitative estimate of drug-likeness (QED) is 0.892. The van der Waals surface area contributed by atoms with Crippen LogP contribution in [-0.4, -0.2) is 30.6 Å². The van der Waals surface area contributed by atoms with E-state index in [9.17, 15) is 0 Å². The van der Waals surface area contributed by atoms with Crippen molar-refractivity contribution in [1.29, 1.82) is 0 Å². The SMILES string of the molecule is CCC(NC1CC(C)N(C)CC1C)c1ccccc1. The molecule has 1 heterocycles. The van der Waals surface area contributed by atoms with Crippen molar-refractivity contribution < 1.29 is 0 Å². The van der Waals surface area contributed by atoms with E-state index in [-0.39, 0.29) is 0 Å². The molecule has 1 N–H and O–H groups in total. The largest absolute Gasteiger partial charge is 0.307 e. The van der Waals surface area contributed by atoms with Crippen molar-refractivity contribution in [3.05, 3.63) is 35.9 Å². The molecule has 0 radical (unpaired) electrons. The average molecular weight is 260 g/mol. The fraction of sp³-hybridized carbons (Fsp3) is 0.647. The second kappa shape index (κ2) is 6.53. The lowest BCUT2D eigenvalue weighted by atomic mass is 9.88. The Morgan fingerprint density at radius 1 is 1.26 bits per heavy atom. The topological polar surface area (TPSA) is 15.3 Å². The van der Waals surface area contributed by atoms with Crippen LogP contribution in [-0.2, 0) is 0 Å². The first-order valence-electron chi connectivity index (χ1n) is 7.63. The van der Waals surface area contributed by atoms with Gasteiger partial charge in [0.2, 0.25) is 0 Å². The molecule has 1 aliphatic heterocycles. The third kappa shape index (κ3) is 3.58. The predicted octanol–water partition coefficient (Wildman–Crippen LogP) is 3.46. The molecule has 0 aliphatic carbocycles. The first-order chi connectivity index (χ1) is 9.11. The Bertz CT molecular complexity index is 376. The zero-order chi connectivity index (χ0) is 13.8. The van der Waals surface area contributed by atoms with E-state index in [2.05, 4.69) is 68.4 Å². The lowest BCUT2D eigenvalue weighted by Crippen LogP contribution is -2.51. The Labute approximate surface area is 118 Å². The summed E-state index contributed by atoms with van der Waals surface area (Å²) in [5.41, 5.74) is 1.42. The lowest BCUT2D eigenvalue weighted by Gasteiger charge is -2.41. The van der Waals surface area contributed by atoms with E-state index in [4.69, 9.17) is 0 Å². The number of nitrogens with zero attached hydrogens (tertiary/aromatic N) is 1. The van der Waals surface area contributed by atoms with E-state index in [1.807, 2.05) is 0 Å². The molecule has 2 rings (SSSR count). The van der Waals surface area contributed by atoms with Gasteiger partial charge < -0.3 is 10.2 Å². The van der Waals surface area contributed by atoms with Crippen LogP contribution >= 0.6 is 0 Å². The average Bonchev–Trinajstić information content (AvgIpc) is 2.42. The molecule has 2 nitrogen and oxygen atoms in total. The first kappa shape index (κ1) is 14.5. The molecular formula is C17H28N2.